The topological polar surface area (TPSA) is 109 Å². The number of carbonyl (C=O) groups excluding carboxylic acids is 2. The number of hydrogen-bond acceptors (Lipinski definition) is 3. The molecule has 3 atom stereocenters. The van der Waals surface area contributed by atoms with Crippen LogP contribution in [0.15, 0.2) is 28.7 Å². The number of rotatable bonds is 5. The Morgan fingerprint density at radius 2 is 1.96 bits per heavy atom. The van der Waals surface area contributed by atoms with E-state index in [9.17, 15) is 14.4 Å². The smallest absolute Gasteiger partial charge is 0.306 e. The minimum Gasteiger partial charge on any atom is -0.481 e. The van der Waals surface area contributed by atoms with Crippen molar-refractivity contribution in [3.8, 4) is 0 Å². The number of halogens is 1. The molecule has 4 N–H and O–H groups in total. The second-order valence-electron chi connectivity index (χ2n) is 5.80. The molecule has 0 heterocycles. The van der Waals surface area contributed by atoms with E-state index in [1.54, 1.807) is 18.2 Å². The Kier molecular flexibility index (Phi) is 5.76. The largest absolute Gasteiger partial charge is 0.481 e. The van der Waals surface area contributed by atoms with Crippen molar-refractivity contribution < 1.29 is 19.5 Å². The molecule has 23 heavy (non-hydrogen) atoms. The van der Waals surface area contributed by atoms with Crippen LogP contribution in [-0.4, -0.2) is 22.9 Å². The molecule has 0 spiro atoms. The third-order valence-electron chi connectivity index (χ3n) is 4.15. The molecule has 7 heteroatoms. The van der Waals surface area contributed by atoms with Gasteiger partial charge in [0, 0.05) is 10.4 Å². The Morgan fingerprint density at radius 3 is 2.57 bits per heavy atom. The molecule has 1 fully saturated rings. The zero-order valence-corrected chi connectivity index (χ0v) is 14.1. The Hall–Kier alpha value is -1.89. The highest BCUT2D eigenvalue weighted by Crippen LogP contribution is 2.30. The van der Waals surface area contributed by atoms with Gasteiger partial charge in [-0.2, -0.15) is 0 Å². The van der Waals surface area contributed by atoms with Crippen LogP contribution in [0.3, 0.4) is 0 Å². The van der Waals surface area contributed by atoms with E-state index in [-0.39, 0.29) is 5.91 Å². The van der Waals surface area contributed by atoms with E-state index >= 15 is 0 Å². The molecule has 1 aliphatic rings. The van der Waals surface area contributed by atoms with Gasteiger partial charge in [0.15, 0.2) is 0 Å². The predicted molar refractivity (Wildman–Crippen MR) is 87.3 cm³/mol. The van der Waals surface area contributed by atoms with Crippen molar-refractivity contribution in [2.45, 2.75) is 31.7 Å². The molecule has 0 radical (unpaired) electrons. The van der Waals surface area contributed by atoms with Gasteiger partial charge in [-0.15, -0.1) is 0 Å². The quantitative estimate of drug-likeness (QED) is 0.722. The normalized spacial score (nSPS) is 22.1. The molecule has 1 aromatic rings. The summed E-state index contributed by atoms with van der Waals surface area (Å²) in [5.74, 6) is -2.75. The van der Waals surface area contributed by atoms with Crippen LogP contribution in [0, 0.1) is 11.8 Å². The van der Waals surface area contributed by atoms with Crippen molar-refractivity contribution in [3.63, 3.8) is 0 Å². The summed E-state index contributed by atoms with van der Waals surface area (Å²) in [7, 11) is 0. The van der Waals surface area contributed by atoms with Crippen molar-refractivity contribution in [1.82, 2.24) is 5.32 Å². The molecule has 6 nitrogen and oxygen atoms in total. The zero-order chi connectivity index (χ0) is 17.0. The first-order valence-electron chi connectivity index (χ1n) is 7.46. The van der Waals surface area contributed by atoms with E-state index in [2.05, 4.69) is 21.2 Å². The van der Waals surface area contributed by atoms with Crippen molar-refractivity contribution >= 4 is 33.7 Å². The van der Waals surface area contributed by atoms with Gasteiger partial charge in [-0.1, -0.05) is 34.5 Å². The molecule has 0 aliphatic heterocycles. The van der Waals surface area contributed by atoms with Crippen molar-refractivity contribution in [2.24, 2.45) is 17.6 Å². The second kappa shape index (κ2) is 7.59. The van der Waals surface area contributed by atoms with Crippen LogP contribution in [0.2, 0.25) is 0 Å². The average molecular weight is 383 g/mol. The summed E-state index contributed by atoms with van der Waals surface area (Å²) in [6.45, 7) is 0. The van der Waals surface area contributed by atoms with E-state index in [0.29, 0.717) is 31.2 Å². The van der Waals surface area contributed by atoms with Crippen LogP contribution in [0.4, 0.5) is 0 Å². The number of primary amides is 1. The first-order valence-corrected chi connectivity index (χ1v) is 8.25. The second-order valence-corrected chi connectivity index (χ2v) is 6.71. The number of hydrogen-bond donors (Lipinski definition) is 3. The van der Waals surface area contributed by atoms with Gasteiger partial charge in [-0.3, -0.25) is 14.4 Å². The lowest BCUT2D eigenvalue weighted by Gasteiger charge is -2.27. The number of nitrogens with one attached hydrogen (secondary N) is 1. The fraction of sp³-hybridized carbons (Fsp3) is 0.438. The van der Waals surface area contributed by atoms with Crippen molar-refractivity contribution in [3.05, 3.63) is 34.3 Å². The maximum Gasteiger partial charge on any atom is 0.306 e. The van der Waals surface area contributed by atoms with Crippen LogP contribution >= 0.6 is 15.9 Å². The zero-order valence-electron chi connectivity index (χ0n) is 12.5. The van der Waals surface area contributed by atoms with Gasteiger partial charge in [0.1, 0.15) is 6.04 Å². The summed E-state index contributed by atoms with van der Waals surface area (Å²) in [4.78, 5) is 35.2. The molecule has 1 aromatic carbocycles. The molecule has 2 amide bonds. The molecule has 0 saturated heterocycles. The lowest BCUT2D eigenvalue weighted by atomic mass is 9.81. The van der Waals surface area contributed by atoms with Gasteiger partial charge in [-0.25, -0.2) is 0 Å². The molecular weight excluding hydrogens is 364 g/mol. The summed E-state index contributed by atoms with van der Waals surface area (Å²) in [6, 6.07) is 6.06. The highest BCUT2D eigenvalue weighted by atomic mass is 79.9. The van der Waals surface area contributed by atoms with Gasteiger partial charge >= 0.3 is 5.97 Å². The first-order chi connectivity index (χ1) is 10.9. The molecule has 0 bridgehead atoms. The molecule has 3 unspecified atom stereocenters. The van der Waals surface area contributed by atoms with Gasteiger partial charge in [0.05, 0.1) is 5.92 Å². The monoisotopic (exact) mass is 382 g/mol. The molecular formula is C16H19BrN2O4. The highest BCUT2D eigenvalue weighted by molar-refractivity contribution is 9.10. The van der Waals surface area contributed by atoms with E-state index in [0.717, 1.165) is 4.47 Å². The minimum absolute atomic E-state index is 0.297. The standard InChI is InChI=1S/C16H19BrN2O4/c17-12-6-2-3-9(8-12)13(14(18)20)19-15(21)10-4-1-5-11(7-10)16(22)23/h2-3,6,8,10-11,13H,1,4-5,7H2,(H2,18,20)(H,19,21)(H,22,23). The van der Waals surface area contributed by atoms with Crippen LogP contribution in [0.25, 0.3) is 0 Å². The molecule has 124 valence electrons. The number of carbonyl (C=O) groups is 3. The molecule has 1 aliphatic carbocycles. The molecule has 2 rings (SSSR count). The van der Waals surface area contributed by atoms with Gasteiger partial charge in [0.2, 0.25) is 11.8 Å². The first kappa shape index (κ1) is 17.5. The van der Waals surface area contributed by atoms with Gasteiger partial charge in [0.25, 0.3) is 0 Å². The fourth-order valence-corrected chi connectivity index (χ4v) is 3.33. The van der Waals surface area contributed by atoms with Crippen molar-refractivity contribution in [1.29, 1.82) is 0 Å². The number of amides is 2. The van der Waals surface area contributed by atoms with Crippen LogP contribution < -0.4 is 11.1 Å². The Morgan fingerprint density at radius 1 is 1.26 bits per heavy atom. The Bertz CT molecular complexity index is 620. The summed E-state index contributed by atoms with van der Waals surface area (Å²) >= 11 is 3.32. The fourth-order valence-electron chi connectivity index (χ4n) is 2.92. The van der Waals surface area contributed by atoms with Crippen LogP contribution in [0.5, 0.6) is 0 Å². The highest BCUT2D eigenvalue weighted by Gasteiger charge is 2.32. The maximum absolute atomic E-state index is 12.4. The van der Waals surface area contributed by atoms with Crippen LogP contribution in [-0.2, 0) is 14.4 Å². The number of nitrogens with two attached hydrogens (primary N) is 1. The minimum atomic E-state index is -0.926. The molecule has 1 saturated carbocycles. The number of carboxylic acid groups (broad SMARTS) is 1. The number of carboxylic acids is 1. The third-order valence-corrected chi connectivity index (χ3v) is 4.64. The SMILES string of the molecule is NC(=O)C(NC(=O)C1CCCC(C(=O)O)C1)c1cccc(Br)c1. The number of benzene rings is 1. The lowest BCUT2D eigenvalue weighted by Crippen LogP contribution is -2.42. The van der Waals surface area contributed by atoms with E-state index in [4.69, 9.17) is 10.8 Å². The van der Waals surface area contributed by atoms with Crippen LogP contribution in [0.1, 0.15) is 37.3 Å². The average Bonchev–Trinajstić information content (AvgIpc) is 2.52. The van der Waals surface area contributed by atoms with E-state index in [1.165, 1.54) is 0 Å². The van der Waals surface area contributed by atoms with E-state index < -0.39 is 29.8 Å². The summed E-state index contributed by atoms with van der Waals surface area (Å²) < 4.78 is 0.777. The van der Waals surface area contributed by atoms with E-state index in [1.807, 2.05) is 6.07 Å². The predicted octanol–water partition coefficient (Wildman–Crippen LogP) is 1.98. The maximum atomic E-state index is 12.4. The summed E-state index contributed by atoms with van der Waals surface area (Å²) in [6.07, 6.45) is 2.20. The summed E-state index contributed by atoms with van der Waals surface area (Å²) in [5, 5.41) is 11.8. The third kappa shape index (κ3) is 4.54. The summed E-state index contributed by atoms with van der Waals surface area (Å²) in [5.41, 5.74) is 6.00. The Balaban J connectivity index is 2.09. The number of aliphatic carboxylic acids is 1. The Labute approximate surface area is 142 Å². The van der Waals surface area contributed by atoms with Crippen molar-refractivity contribution in [2.75, 3.05) is 0 Å². The molecule has 0 aromatic heterocycles. The van der Waals surface area contributed by atoms with Gasteiger partial charge < -0.3 is 16.2 Å². The lowest BCUT2D eigenvalue weighted by molar-refractivity contribution is -0.144. The van der Waals surface area contributed by atoms with Gasteiger partial charge in [-0.05, 0) is 37.0 Å².